The summed E-state index contributed by atoms with van der Waals surface area (Å²) in [7, 11) is 1.37. The van der Waals surface area contributed by atoms with Crippen LogP contribution in [0, 0.1) is 0 Å². The second-order valence-corrected chi connectivity index (χ2v) is 4.72. The molecule has 1 aliphatic carbocycles. The van der Waals surface area contributed by atoms with E-state index in [1.807, 2.05) is 6.92 Å². The first-order valence-electron chi connectivity index (χ1n) is 6.03. The van der Waals surface area contributed by atoms with Crippen molar-refractivity contribution in [2.24, 2.45) is 0 Å². The quantitative estimate of drug-likeness (QED) is 0.657. The third kappa shape index (κ3) is 3.10. The first kappa shape index (κ1) is 13.1. The van der Waals surface area contributed by atoms with Crippen molar-refractivity contribution in [3.8, 4) is 0 Å². The highest BCUT2D eigenvalue weighted by Crippen LogP contribution is 2.38. The van der Waals surface area contributed by atoms with E-state index >= 15 is 0 Å². The molecule has 0 aromatic carbocycles. The minimum atomic E-state index is -0.409. The van der Waals surface area contributed by atoms with Gasteiger partial charge in [0.1, 0.15) is 22.8 Å². The lowest BCUT2D eigenvalue weighted by atomic mass is 10.2. The molecule has 0 bridgehead atoms. The molecule has 1 N–H and O–H groups in total. The number of nitrogens with one attached hydrogen (secondary N) is 1. The smallest absolute Gasteiger partial charge is 0.328 e. The predicted molar refractivity (Wildman–Crippen MR) is 68.7 cm³/mol. The number of methoxy groups -OCH3 is 1. The summed E-state index contributed by atoms with van der Waals surface area (Å²) in [5.74, 6) is 1.45. The second-order valence-electron chi connectivity index (χ2n) is 4.34. The molecule has 18 heavy (non-hydrogen) atoms. The van der Waals surface area contributed by atoms with Crippen molar-refractivity contribution >= 4 is 23.4 Å². The Kier molecular flexibility index (Phi) is 4.01. The van der Waals surface area contributed by atoms with Gasteiger partial charge in [-0.3, -0.25) is 0 Å². The van der Waals surface area contributed by atoms with E-state index in [2.05, 4.69) is 15.3 Å². The molecule has 6 heteroatoms. The molecule has 1 atom stereocenters. The van der Waals surface area contributed by atoms with Crippen LogP contribution < -0.4 is 5.32 Å². The Morgan fingerprint density at radius 1 is 1.61 bits per heavy atom. The number of carbonyl (C=O) groups excluding carboxylic acids is 1. The Morgan fingerprint density at radius 2 is 2.33 bits per heavy atom. The number of hydrogen-bond acceptors (Lipinski definition) is 5. The number of nitrogens with zero attached hydrogens (tertiary/aromatic N) is 2. The van der Waals surface area contributed by atoms with Gasteiger partial charge in [-0.2, -0.15) is 0 Å². The summed E-state index contributed by atoms with van der Waals surface area (Å²) in [5, 5.41) is 3.43. The van der Waals surface area contributed by atoms with E-state index in [4.69, 9.17) is 16.3 Å². The van der Waals surface area contributed by atoms with Gasteiger partial charge in [0, 0.05) is 12.0 Å². The topological polar surface area (TPSA) is 64.1 Å². The lowest BCUT2D eigenvalue weighted by molar-refractivity contribution is -0.141. The molecule has 2 rings (SSSR count). The largest absolute Gasteiger partial charge is 0.467 e. The van der Waals surface area contributed by atoms with Crippen LogP contribution in [0.2, 0.25) is 5.15 Å². The number of halogens is 1. The molecular weight excluding hydrogens is 254 g/mol. The van der Waals surface area contributed by atoms with Crippen LogP contribution >= 0.6 is 11.6 Å². The minimum Gasteiger partial charge on any atom is -0.467 e. The van der Waals surface area contributed by atoms with Crippen LogP contribution in [0.4, 0.5) is 5.82 Å². The SMILES string of the molecule is CCC(Nc1cc(Cl)nc(C2CC2)n1)C(=O)OC. The van der Waals surface area contributed by atoms with Gasteiger partial charge in [0.25, 0.3) is 0 Å². The van der Waals surface area contributed by atoms with Gasteiger partial charge in [0.05, 0.1) is 7.11 Å². The van der Waals surface area contributed by atoms with Crippen molar-refractivity contribution in [1.82, 2.24) is 9.97 Å². The normalized spacial score (nSPS) is 16.2. The number of ether oxygens (including phenoxy) is 1. The fraction of sp³-hybridized carbons (Fsp3) is 0.583. The van der Waals surface area contributed by atoms with Gasteiger partial charge in [-0.05, 0) is 19.3 Å². The number of esters is 1. The van der Waals surface area contributed by atoms with Crippen molar-refractivity contribution < 1.29 is 9.53 Å². The Labute approximate surface area is 111 Å². The zero-order valence-corrected chi connectivity index (χ0v) is 11.2. The molecule has 0 amide bonds. The molecular formula is C12H16ClN3O2. The molecule has 1 saturated carbocycles. The highest BCUT2D eigenvalue weighted by Gasteiger charge is 2.27. The van der Waals surface area contributed by atoms with E-state index in [0.717, 1.165) is 18.7 Å². The van der Waals surface area contributed by atoms with Crippen LogP contribution in [0.3, 0.4) is 0 Å². The maximum Gasteiger partial charge on any atom is 0.328 e. The Hall–Kier alpha value is -1.36. The van der Waals surface area contributed by atoms with Crippen LogP contribution in [-0.4, -0.2) is 29.1 Å². The zero-order chi connectivity index (χ0) is 13.1. The monoisotopic (exact) mass is 269 g/mol. The molecule has 0 radical (unpaired) electrons. The van der Waals surface area contributed by atoms with Crippen molar-refractivity contribution in [3.05, 3.63) is 17.0 Å². The van der Waals surface area contributed by atoms with Gasteiger partial charge >= 0.3 is 5.97 Å². The lowest BCUT2D eigenvalue weighted by Gasteiger charge is -2.15. The van der Waals surface area contributed by atoms with Crippen molar-refractivity contribution in [1.29, 1.82) is 0 Å². The molecule has 0 aliphatic heterocycles. The third-order valence-electron chi connectivity index (χ3n) is 2.87. The van der Waals surface area contributed by atoms with E-state index < -0.39 is 6.04 Å². The van der Waals surface area contributed by atoms with Crippen LogP contribution in [0.25, 0.3) is 0 Å². The summed E-state index contributed by atoms with van der Waals surface area (Å²) in [6, 6.07) is 1.21. The maximum absolute atomic E-state index is 11.5. The van der Waals surface area contributed by atoms with Gasteiger partial charge in [-0.1, -0.05) is 18.5 Å². The summed E-state index contributed by atoms with van der Waals surface area (Å²) in [5.41, 5.74) is 0. The summed E-state index contributed by atoms with van der Waals surface area (Å²) in [6.45, 7) is 1.90. The van der Waals surface area contributed by atoms with Gasteiger partial charge in [-0.25, -0.2) is 14.8 Å². The molecule has 1 aliphatic rings. The Morgan fingerprint density at radius 3 is 2.89 bits per heavy atom. The second kappa shape index (κ2) is 5.52. The predicted octanol–water partition coefficient (Wildman–Crippen LogP) is 2.37. The number of carbonyl (C=O) groups is 1. The number of aromatic nitrogens is 2. The van der Waals surface area contributed by atoms with Crippen molar-refractivity contribution in [2.45, 2.75) is 38.1 Å². The van der Waals surface area contributed by atoms with Crippen LogP contribution in [0.1, 0.15) is 37.9 Å². The van der Waals surface area contributed by atoms with Gasteiger partial charge < -0.3 is 10.1 Å². The van der Waals surface area contributed by atoms with Crippen molar-refractivity contribution in [3.63, 3.8) is 0 Å². The summed E-state index contributed by atoms with van der Waals surface area (Å²) in [6.07, 6.45) is 2.83. The summed E-state index contributed by atoms with van der Waals surface area (Å²) < 4.78 is 4.72. The molecule has 1 fully saturated rings. The Balaban J connectivity index is 2.14. The molecule has 98 valence electrons. The highest BCUT2D eigenvalue weighted by molar-refractivity contribution is 6.29. The molecule has 0 spiro atoms. The first-order chi connectivity index (χ1) is 8.63. The average molecular weight is 270 g/mol. The lowest BCUT2D eigenvalue weighted by Crippen LogP contribution is -2.30. The van der Waals surface area contributed by atoms with E-state index in [1.165, 1.54) is 7.11 Å². The summed E-state index contributed by atoms with van der Waals surface area (Å²) in [4.78, 5) is 20.1. The highest BCUT2D eigenvalue weighted by atomic mass is 35.5. The molecule has 1 unspecified atom stereocenters. The first-order valence-corrected chi connectivity index (χ1v) is 6.40. The Bertz CT molecular complexity index is 449. The van der Waals surface area contributed by atoms with Crippen LogP contribution in [-0.2, 0) is 9.53 Å². The fourth-order valence-electron chi connectivity index (χ4n) is 1.68. The zero-order valence-electron chi connectivity index (χ0n) is 10.4. The average Bonchev–Trinajstić information content (AvgIpc) is 3.18. The molecule has 0 saturated heterocycles. The van der Waals surface area contributed by atoms with E-state index in [-0.39, 0.29) is 5.97 Å². The van der Waals surface area contributed by atoms with Gasteiger partial charge in [-0.15, -0.1) is 0 Å². The molecule has 1 aromatic heterocycles. The fourth-order valence-corrected chi connectivity index (χ4v) is 1.87. The molecule has 5 nitrogen and oxygen atoms in total. The standard InChI is InChI=1S/C12H16ClN3O2/c1-3-8(12(17)18-2)14-10-6-9(13)15-11(16-10)7-4-5-7/h6-8H,3-5H2,1-2H3,(H,14,15,16). The van der Waals surface area contributed by atoms with Crippen LogP contribution in [0.15, 0.2) is 6.07 Å². The van der Waals surface area contributed by atoms with Crippen molar-refractivity contribution in [2.75, 3.05) is 12.4 Å². The minimum absolute atomic E-state index is 0.305. The van der Waals surface area contributed by atoms with E-state index in [9.17, 15) is 4.79 Å². The van der Waals surface area contributed by atoms with Gasteiger partial charge in [0.15, 0.2) is 0 Å². The van der Waals surface area contributed by atoms with E-state index in [1.54, 1.807) is 6.07 Å². The number of rotatable bonds is 5. The number of hydrogen-bond donors (Lipinski definition) is 1. The van der Waals surface area contributed by atoms with Gasteiger partial charge in [0.2, 0.25) is 0 Å². The molecule has 1 aromatic rings. The number of anilines is 1. The third-order valence-corrected chi connectivity index (χ3v) is 3.06. The van der Waals surface area contributed by atoms with Crippen LogP contribution in [0.5, 0.6) is 0 Å². The summed E-state index contributed by atoms with van der Waals surface area (Å²) >= 11 is 5.95. The molecule has 1 heterocycles. The maximum atomic E-state index is 11.5. The van der Waals surface area contributed by atoms with E-state index in [0.29, 0.717) is 23.3 Å².